The second-order valence-corrected chi connectivity index (χ2v) is 5.60. The molecule has 0 aliphatic carbocycles. The van der Waals surface area contributed by atoms with Gasteiger partial charge in [0.2, 0.25) is 0 Å². The molecule has 0 atom stereocenters. The highest BCUT2D eigenvalue weighted by molar-refractivity contribution is 6.10. The summed E-state index contributed by atoms with van der Waals surface area (Å²) in [7, 11) is 1.59. The van der Waals surface area contributed by atoms with Crippen molar-refractivity contribution in [3.05, 3.63) is 53.2 Å². The molecule has 0 radical (unpaired) electrons. The van der Waals surface area contributed by atoms with Crippen molar-refractivity contribution in [1.29, 1.82) is 0 Å². The lowest BCUT2D eigenvalue weighted by Crippen LogP contribution is -2.17. The minimum Gasteiger partial charge on any atom is -0.497 e. The van der Waals surface area contributed by atoms with E-state index in [0.717, 1.165) is 16.5 Å². The van der Waals surface area contributed by atoms with Crippen molar-refractivity contribution in [3.8, 4) is 5.75 Å². The first-order valence-corrected chi connectivity index (χ1v) is 7.48. The quantitative estimate of drug-likeness (QED) is 0.773. The Labute approximate surface area is 139 Å². The zero-order chi connectivity index (χ0) is 17.3. The summed E-state index contributed by atoms with van der Waals surface area (Å²) in [5.74, 6) is 0.314. The smallest absolute Gasteiger partial charge is 0.278 e. The SMILES string of the molecule is COc1ccc(NC(=O)c2nnc3cc(C)c(C)cc3c2N)cc1. The van der Waals surface area contributed by atoms with Gasteiger partial charge in [-0.25, -0.2) is 0 Å². The molecule has 0 saturated heterocycles. The molecule has 0 bridgehead atoms. The summed E-state index contributed by atoms with van der Waals surface area (Å²) in [5, 5.41) is 11.6. The predicted octanol–water partition coefficient (Wildman–Crippen LogP) is 3.09. The van der Waals surface area contributed by atoms with Crippen LogP contribution in [0.3, 0.4) is 0 Å². The second-order valence-electron chi connectivity index (χ2n) is 5.60. The van der Waals surface area contributed by atoms with E-state index in [-0.39, 0.29) is 5.69 Å². The highest BCUT2D eigenvalue weighted by Gasteiger charge is 2.16. The van der Waals surface area contributed by atoms with Crippen LogP contribution < -0.4 is 15.8 Å². The lowest BCUT2D eigenvalue weighted by atomic mass is 10.0. The van der Waals surface area contributed by atoms with Gasteiger partial charge in [0.05, 0.1) is 18.3 Å². The van der Waals surface area contributed by atoms with Crippen molar-refractivity contribution in [3.63, 3.8) is 0 Å². The Morgan fingerprint density at radius 1 is 1.08 bits per heavy atom. The summed E-state index contributed by atoms with van der Waals surface area (Å²) in [5.41, 5.74) is 10.1. The van der Waals surface area contributed by atoms with Gasteiger partial charge in [0.15, 0.2) is 5.69 Å². The van der Waals surface area contributed by atoms with Crippen LogP contribution in [0.15, 0.2) is 36.4 Å². The fraction of sp³-hybridized carbons (Fsp3) is 0.167. The highest BCUT2D eigenvalue weighted by Crippen LogP contribution is 2.25. The van der Waals surface area contributed by atoms with E-state index < -0.39 is 5.91 Å². The second kappa shape index (κ2) is 6.16. The van der Waals surface area contributed by atoms with Gasteiger partial charge >= 0.3 is 0 Å². The monoisotopic (exact) mass is 322 g/mol. The van der Waals surface area contributed by atoms with Gasteiger partial charge in [-0.15, -0.1) is 10.2 Å². The molecule has 2 aromatic carbocycles. The number of nitrogens with two attached hydrogens (primary N) is 1. The van der Waals surface area contributed by atoms with Crippen molar-refractivity contribution in [2.45, 2.75) is 13.8 Å². The molecule has 1 amide bonds. The van der Waals surface area contributed by atoms with Gasteiger partial charge < -0.3 is 15.8 Å². The molecule has 24 heavy (non-hydrogen) atoms. The number of carbonyl (C=O) groups is 1. The molecule has 122 valence electrons. The number of rotatable bonds is 3. The number of fused-ring (bicyclic) bond motifs is 1. The number of nitrogens with zero attached hydrogens (tertiary/aromatic N) is 2. The number of aryl methyl sites for hydroxylation is 2. The largest absolute Gasteiger partial charge is 0.497 e. The van der Waals surface area contributed by atoms with E-state index in [1.165, 1.54) is 0 Å². The van der Waals surface area contributed by atoms with E-state index in [2.05, 4.69) is 15.5 Å². The highest BCUT2D eigenvalue weighted by atomic mass is 16.5. The Morgan fingerprint density at radius 2 is 1.75 bits per heavy atom. The number of nitrogens with one attached hydrogen (secondary N) is 1. The average Bonchev–Trinajstić information content (AvgIpc) is 2.57. The Bertz CT molecular complexity index is 920. The summed E-state index contributed by atoms with van der Waals surface area (Å²) in [6.07, 6.45) is 0. The summed E-state index contributed by atoms with van der Waals surface area (Å²) >= 11 is 0. The molecule has 6 heteroatoms. The van der Waals surface area contributed by atoms with Crippen LogP contribution in [0.4, 0.5) is 11.4 Å². The topological polar surface area (TPSA) is 90.1 Å². The van der Waals surface area contributed by atoms with Crippen molar-refractivity contribution < 1.29 is 9.53 Å². The van der Waals surface area contributed by atoms with Gasteiger partial charge in [-0.2, -0.15) is 0 Å². The maximum atomic E-state index is 12.5. The van der Waals surface area contributed by atoms with E-state index >= 15 is 0 Å². The summed E-state index contributed by atoms with van der Waals surface area (Å²) in [6.45, 7) is 3.99. The van der Waals surface area contributed by atoms with E-state index in [9.17, 15) is 4.79 Å². The molecule has 0 spiro atoms. The van der Waals surface area contributed by atoms with Gasteiger partial charge in [-0.1, -0.05) is 0 Å². The van der Waals surface area contributed by atoms with Gasteiger partial charge in [0.1, 0.15) is 5.75 Å². The molecule has 3 N–H and O–H groups in total. The van der Waals surface area contributed by atoms with Crippen LogP contribution in [-0.4, -0.2) is 23.2 Å². The maximum absolute atomic E-state index is 12.5. The van der Waals surface area contributed by atoms with Crippen molar-refractivity contribution in [1.82, 2.24) is 10.2 Å². The molecule has 1 heterocycles. The van der Waals surface area contributed by atoms with E-state index in [0.29, 0.717) is 22.6 Å². The number of ether oxygens (including phenoxy) is 1. The van der Waals surface area contributed by atoms with E-state index in [1.54, 1.807) is 31.4 Å². The molecular formula is C18H18N4O2. The summed E-state index contributed by atoms with van der Waals surface area (Å²) in [4.78, 5) is 12.5. The minimum absolute atomic E-state index is 0.113. The lowest BCUT2D eigenvalue weighted by molar-refractivity contribution is 0.102. The van der Waals surface area contributed by atoms with Gasteiger partial charge in [-0.3, -0.25) is 4.79 Å². The molecule has 0 aliphatic rings. The first kappa shape index (κ1) is 15.7. The predicted molar refractivity (Wildman–Crippen MR) is 94.4 cm³/mol. The zero-order valence-electron chi connectivity index (χ0n) is 13.8. The van der Waals surface area contributed by atoms with Crippen LogP contribution >= 0.6 is 0 Å². The Morgan fingerprint density at radius 3 is 2.42 bits per heavy atom. The Hall–Kier alpha value is -3.15. The van der Waals surface area contributed by atoms with Crippen molar-refractivity contribution in [2.75, 3.05) is 18.2 Å². The number of nitrogen functional groups attached to an aromatic ring is 1. The third kappa shape index (κ3) is 2.86. The van der Waals surface area contributed by atoms with Crippen molar-refractivity contribution in [2.24, 2.45) is 0 Å². The lowest BCUT2D eigenvalue weighted by Gasteiger charge is -2.10. The number of amides is 1. The molecule has 1 aromatic heterocycles. The zero-order valence-corrected chi connectivity index (χ0v) is 13.8. The molecule has 0 saturated carbocycles. The molecule has 0 fully saturated rings. The first-order valence-electron chi connectivity index (χ1n) is 7.48. The number of benzene rings is 2. The third-order valence-corrected chi connectivity index (χ3v) is 3.98. The van der Waals surface area contributed by atoms with Gasteiger partial charge in [-0.05, 0) is 61.4 Å². The molecule has 3 aromatic rings. The molecule has 0 unspecified atom stereocenters. The van der Waals surface area contributed by atoms with Crippen molar-refractivity contribution >= 4 is 28.2 Å². The fourth-order valence-electron chi connectivity index (χ4n) is 2.42. The number of methoxy groups -OCH3 is 1. The maximum Gasteiger partial charge on any atom is 0.278 e. The number of hydrogen-bond donors (Lipinski definition) is 2. The van der Waals surface area contributed by atoms with Gasteiger partial charge in [0, 0.05) is 11.1 Å². The number of hydrogen-bond acceptors (Lipinski definition) is 5. The number of carbonyl (C=O) groups excluding carboxylic acids is 1. The Kier molecular flexibility index (Phi) is 4.04. The standard InChI is InChI=1S/C18H18N4O2/c1-10-8-14-15(9-11(10)2)21-22-17(16(14)19)18(23)20-12-4-6-13(24-3)7-5-12/h4-9H,1-3H3,(H2,19,21)(H,20,23). The molecule has 3 rings (SSSR count). The third-order valence-electron chi connectivity index (χ3n) is 3.98. The van der Waals surface area contributed by atoms with Crippen LogP contribution in [0.2, 0.25) is 0 Å². The fourth-order valence-corrected chi connectivity index (χ4v) is 2.42. The summed E-state index contributed by atoms with van der Waals surface area (Å²) in [6, 6.07) is 10.9. The Balaban J connectivity index is 1.94. The van der Waals surface area contributed by atoms with Crippen LogP contribution in [0.5, 0.6) is 5.75 Å². The molecule has 6 nitrogen and oxygen atoms in total. The summed E-state index contributed by atoms with van der Waals surface area (Å²) < 4.78 is 5.09. The average molecular weight is 322 g/mol. The molecule has 0 aliphatic heterocycles. The van der Waals surface area contributed by atoms with E-state index in [1.807, 2.05) is 26.0 Å². The number of anilines is 2. The molecular weight excluding hydrogens is 304 g/mol. The van der Waals surface area contributed by atoms with Crippen LogP contribution in [0, 0.1) is 13.8 Å². The van der Waals surface area contributed by atoms with Crippen LogP contribution in [0.25, 0.3) is 10.9 Å². The van der Waals surface area contributed by atoms with Gasteiger partial charge in [0.25, 0.3) is 5.91 Å². The van der Waals surface area contributed by atoms with E-state index in [4.69, 9.17) is 10.5 Å². The number of aromatic nitrogens is 2. The normalized spacial score (nSPS) is 10.6. The van der Waals surface area contributed by atoms with Crippen LogP contribution in [-0.2, 0) is 0 Å². The minimum atomic E-state index is -0.398. The van der Waals surface area contributed by atoms with Crippen LogP contribution in [0.1, 0.15) is 21.6 Å². The first-order chi connectivity index (χ1) is 11.5.